The number of hydrogen-bond acceptors (Lipinski definition) is 8. The van der Waals surface area contributed by atoms with Crippen LogP contribution in [-0.2, 0) is 4.79 Å². The minimum Gasteiger partial charge on any atom is -0.475 e. The zero-order valence-corrected chi connectivity index (χ0v) is 20.0. The van der Waals surface area contributed by atoms with Crippen LogP contribution in [0.3, 0.4) is 0 Å². The zero-order valence-electron chi connectivity index (χ0n) is 19.2. The van der Waals surface area contributed by atoms with E-state index in [0.717, 1.165) is 49.5 Å². The van der Waals surface area contributed by atoms with Gasteiger partial charge in [-0.2, -0.15) is 11.8 Å². The molecule has 1 N–H and O–H groups in total. The predicted molar refractivity (Wildman–Crippen MR) is 134 cm³/mol. The standard InChI is InChI=1S/C25H28N6O2S/c1-30-8-10-31(11-9-30)17-4-2-16(3-5-17)19-12-20-24(27-7-6-26-20)25(29-19)33-15-22-18-14-28-23(32)13-21(18)34-22/h2-7,12,18,21-22H,8-11,13-15H2,1H3,(H,28,32). The molecule has 3 aliphatic rings. The Morgan fingerprint density at radius 3 is 2.71 bits per heavy atom. The van der Waals surface area contributed by atoms with Gasteiger partial charge in [0.15, 0.2) is 5.52 Å². The lowest BCUT2D eigenvalue weighted by molar-refractivity contribution is -0.123. The largest absolute Gasteiger partial charge is 0.475 e. The molecule has 0 spiro atoms. The third-order valence-corrected chi connectivity index (χ3v) is 8.77. The Kier molecular flexibility index (Phi) is 5.74. The molecule has 3 aromatic rings. The van der Waals surface area contributed by atoms with Gasteiger partial charge in [0, 0.05) is 79.2 Å². The van der Waals surface area contributed by atoms with Gasteiger partial charge in [-0.05, 0) is 25.2 Å². The Bertz CT molecular complexity index is 1200. The van der Waals surface area contributed by atoms with Crippen LogP contribution in [0.2, 0.25) is 0 Å². The van der Waals surface area contributed by atoms with Crippen molar-refractivity contribution in [2.45, 2.75) is 16.9 Å². The van der Waals surface area contributed by atoms with Gasteiger partial charge in [-0.1, -0.05) is 12.1 Å². The van der Waals surface area contributed by atoms with Gasteiger partial charge in [0.05, 0.1) is 11.2 Å². The summed E-state index contributed by atoms with van der Waals surface area (Å²) in [5.74, 6) is 1.14. The highest BCUT2D eigenvalue weighted by molar-refractivity contribution is 8.02. The predicted octanol–water partition coefficient (Wildman–Crippen LogP) is 2.44. The number of anilines is 1. The molecule has 1 amide bonds. The molecule has 176 valence electrons. The number of ether oxygens (including phenoxy) is 1. The van der Waals surface area contributed by atoms with Crippen molar-refractivity contribution in [3.05, 3.63) is 42.7 Å². The number of amides is 1. The molecule has 9 heteroatoms. The van der Waals surface area contributed by atoms with E-state index in [4.69, 9.17) is 9.72 Å². The monoisotopic (exact) mass is 476 g/mol. The average molecular weight is 477 g/mol. The molecular weight excluding hydrogens is 448 g/mol. The number of fused-ring (bicyclic) bond motifs is 2. The molecule has 3 fully saturated rings. The van der Waals surface area contributed by atoms with Crippen molar-refractivity contribution >= 4 is 34.4 Å². The molecule has 3 atom stereocenters. The third kappa shape index (κ3) is 4.18. The molecule has 2 aromatic heterocycles. The number of piperazine rings is 1. The van der Waals surface area contributed by atoms with Gasteiger partial charge in [0.1, 0.15) is 6.61 Å². The Morgan fingerprint density at radius 2 is 1.91 bits per heavy atom. The first-order valence-corrected chi connectivity index (χ1v) is 12.8. The first-order valence-electron chi connectivity index (χ1n) is 11.8. The summed E-state index contributed by atoms with van der Waals surface area (Å²) in [7, 11) is 2.17. The lowest BCUT2D eigenvalue weighted by Crippen LogP contribution is -2.55. The number of hydrogen-bond donors (Lipinski definition) is 1. The number of pyridine rings is 1. The molecule has 3 aliphatic heterocycles. The number of aromatic nitrogens is 3. The van der Waals surface area contributed by atoms with Crippen molar-refractivity contribution in [1.29, 1.82) is 0 Å². The van der Waals surface area contributed by atoms with E-state index in [-0.39, 0.29) is 5.91 Å². The van der Waals surface area contributed by atoms with Gasteiger partial charge in [0.2, 0.25) is 11.8 Å². The van der Waals surface area contributed by atoms with Crippen molar-refractivity contribution in [1.82, 2.24) is 25.2 Å². The van der Waals surface area contributed by atoms with Crippen molar-refractivity contribution in [3.8, 4) is 17.1 Å². The van der Waals surface area contributed by atoms with Crippen molar-refractivity contribution in [2.24, 2.45) is 5.92 Å². The second kappa shape index (κ2) is 9.03. The van der Waals surface area contributed by atoms with Crippen molar-refractivity contribution in [3.63, 3.8) is 0 Å². The van der Waals surface area contributed by atoms with E-state index in [0.29, 0.717) is 40.8 Å². The number of piperidine rings is 1. The second-order valence-electron chi connectivity index (χ2n) is 9.27. The third-order valence-electron chi connectivity index (χ3n) is 7.07. The topological polar surface area (TPSA) is 83.5 Å². The Morgan fingerprint density at radius 1 is 1.12 bits per heavy atom. The van der Waals surface area contributed by atoms with Gasteiger partial charge in [-0.15, -0.1) is 0 Å². The molecule has 3 unspecified atom stereocenters. The van der Waals surface area contributed by atoms with Crippen LogP contribution in [-0.4, -0.2) is 82.6 Å². The fourth-order valence-electron chi connectivity index (χ4n) is 4.95. The summed E-state index contributed by atoms with van der Waals surface area (Å²) >= 11 is 1.84. The molecule has 0 bridgehead atoms. The molecule has 0 saturated carbocycles. The number of benzene rings is 1. The number of carbonyl (C=O) groups excluding carboxylic acids is 1. The minimum atomic E-state index is 0.155. The van der Waals surface area contributed by atoms with Gasteiger partial charge in [-0.25, -0.2) is 9.97 Å². The molecule has 6 rings (SSSR count). The highest BCUT2D eigenvalue weighted by atomic mass is 32.2. The van der Waals surface area contributed by atoms with Gasteiger partial charge >= 0.3 is 0 Å². The maximum Gasteiger partial charge on any atom is 0.242 e. The minimum absolute atomic E-state index is 0.155. The van der Waals surface area contributed by atoms with Gasteiger partial charge in [-0.3, -0.25) is 9.78 Å². The molecular formula is C25H28N6O2S. The quantitative estimate of drug-likeness (QED) is 0.601. The number of thioether (sulfide) groups is 1. The van der Waals surface area contributed by atoms with Gasteiger partial charge in [0.25, 0.3) is 0 Å². The van der Waals surface area contributed by atoms with Crippen LogP contribution in [0.5, 0.6) is 5.88 Å². The zero-order chi connectivity index (χ0) is 23.1. The van der Waals surface area contributed by atoms with Crippen LogP contribution in [0.25, 0.3) is 22.3 Å². The summed E-state index contributed by atoms with van der Waals surface area (Å²) < 4.78 is 6.23. The first-order chi connectivity index (χ1) is 16.6. The van der Waals surface area contributed by atoms with E-state index >= 15 is 0 Å². The highest BCUT2D eigenvalue weighted by Gasteiger charge is 2.45. The van der Waals surface area contributed by atoms with Crippen molar-refractivity contribution < 1.29 is 9.53 Å². The molecule has 1 aromatic carbocycles. The van der Waals surface area contributed by atoms with Crippen LogP contribution in [0.4, 0.5) is 5.69 Å². The van der Waals surface area contributed by atoms with E-state index in [1.807, 2.05) is 17.8 Å². The maximum atomic E-state index is 11.6. The Balaban J connectivity index is 1.21. The van der Waals surface area contributed by atoms with E-state index in [1.165, 1.54) is 5.69 Å². The molecule has 8 nitrogen and oxygen atoms in total. The number of nitrogens with zero attached hydrogens (tertiary/aromatic N) is 5. The van der Waals surface area contributed by atoms with Crippen molar-refractivity contribution in [2.75, 3.05) is 51.3 Å². The van der Waals surface area contributed by atoms with Crippen LogP contribution in [0, 0.1) is 5.92 Å². The van der Waals surface area contributed by atoms with E-state index in [1.54, 1.807) is 12.4 Å². The van der Waals surface area contributed by atoms with E-state index in [9.17, 15) is 4.79 Å². The normalized spacial score (nSPS) is 24.9. The smallest absolute Gasteiger partial charge is 0.242 e. The fourth-order valence-corrected chi connectivity index (χ4v) is 6.50. The summed E-state index contributed by atoms with van der Waals surface area (Å²) in [6.07, 6.45) is 3.98. The second-order valence-corrected chi connectivity index (χ2v) is 10.8. The number of likely N-dealkylation sites (N-methyl/N-ethyl adjacent to an activating group) is 1. The number of carbonyl (C=O) groups is 1. The van der Waals surface area contributed by atoms with Crippen LogP contribution >= 0.6 is 11.8 Å². The maximum absolute atomic E-state index is 11.6. The Hall–Kier alpha value is -2.91. The average Bonchev–Trinajstić information content (AvgIpc) is 2.85. The van der Waals surface area contributed by atoms with Crippen LogP contribution in [0.15, 0.2) is 42.7 Å². The SMILES string of the molecule is CN1CCN(c2ccc(-c3cc4nccnc4c(OCC4SC5CC(=O)NCC45)n3)cc2)CC1. The summed E-state index contributed by atoms with van der Waals surface area (Å²) in [6, 6.07) is 10.6. The lowest BCUT2D eigenvalue weighted by atomic mass is 9.93. The summed E-state index contributed by atoms with van der Waals surface area (Å²) in [5, 5.41) is 3.75. The Labute approximate surface area is 203 Å². The fraction of sp³-hybridized carbons (Fsp3) is 0.440. The summed E-state index contributed by atoms with van der Waals surface area (Å²) in [6.45, 7) is 5.54. The molecule has 3 saturated heterocycles. The van der Waals surface area contributed by atoms with Crippen LogP contribution < -0.4 is 15.0 Å². The summed E-state index contributed by atoms with van der Waals surface area (Å²) in [5.41, 5.74) is 4.55. The van der Waals surface area contributed by atoms with E-state index in [2.05, 4.69) is 56.4 Å². The van der Waals surface area contributed by atoms with Gasteiger partial charge < -0.3 is 19.9 Å². The van der Waals surface area contributed by atoms with Crippen LogP contribution in [0.1, 0.15) is 6.42 Å². The first kappa shape index (κ1) is 21.6. The molecule has 0 aliphatic carbocycles. The highest BCUT2D eigenvalue weighted by Crippen LogP contribution is 2.45. The summed E-state index contributed by atoms with van der Waals surface area (Å²) in [4.78, 5) is 30.2. The molecule has 0 radical (unpaired) electrons. The molecule has 34 heavy (non-hydrogen) atoms. The molecule has 5 heterocycles. The lowest BCUT2D eigenvalue weighted by Gasteiger charge is -2.46. The van der Waals surface area contributed by atoms with E-state index < -0.39 is 0 Å². The number of nitrogens with one attached hydrogen (secondary N) is 1. The number of rotatable bonds is 5.